The average Bonchev–Trinajstić information content (AvgIpc) is 3.26. The van der Waals surface area contributed by atoms with Gasteiger partial charge in [0.15, 0.2) is 0 Å². The molecule has 3 fully saturated rings. The van der Waals surface area contributed by atoms with Gasteiger partial charge in [0.25, 0.3) is 0 Å². The van der Waals surface area contributed by atoms with E-state index in [0.29, 0.717) is 12.5 Å². The van der Waals surface area contributed by atoms with Crippen LogP contribution in [0.1, 0.15) is 25.7 Å². The molecule has 2 N–H and O–H groups in total. The lowest BCUT2D eigenvalue weighted by atomic mass is 10.2. The summed E-state index contributed by atoms with van der Waals surface area (Å²) in [4.78, 5) is 38.3. The number of rotatable bonds is 4. The van der Waals surface area contributed by atoms with Gasteiger partial charge in [0.2, 0.25) is 5.91 Å². The Hall–Kier alpha value is -1.79. The molecule has 110 valence electrons. The average molecular weight is 281 g/mol. The molecular formula is C13H19N3O4. The smallest absolute Gasteiger partial charge is 0.328 e. The van der Waals surface area contributed by atoms with Crippen molar-refractivity contribution < 1.29 is 19.5 Å². The fourth-order valence-electron chi connectivity index (χ4n) is 2.58. The highest BCUT2D eigenvalue weighted by Gasteiger charge is 2.43. The molecule has 1 aliphatic heterocycles. The lowest BCUT2D eigenvalue weighted by Gasteiger charge is -2.36. The van der Waals surface area contributed by atoms with Crippen molar-refractivity contribution in [2.24, 2.45) is 5.92 Å². The van der Waals surface area contributed by atoms with E-state index in [-0.39, 0.29) is 31.1 Å². The third-order valence-corrected chi connectivity index (χ3v) is 4.10. The normalized spacial score (nSPS) is 26.1. The lowest BCUT2D eigenvalue weighted by molar-refractivity contribution is -0.144. The minimum atomic E-state index is -1.07. The number of hydrogen-bond donors (Lipinski definition) is 2. The molecule has 1 heterocycles. The Balaban J connectivity index is 1.73. The maximum absolute atomic E-state index is 12.6. The molecular weight excluding hydrogens is 262 g/mol. The molecule has 1 saturated heterocycles. The summed E-state index contributed by atoms with van der Waals surface area (Å²) in [6.45, 7) is 0.527. The van der Waals surface area contributed by atoms with Gasteiger partial charge >= 0.3 is 12.0 Å². The zero-order chi connectivity index (χ0) is 14.3. The summed E-state index contributed by atoms with van der Waals surface area (Å²) in [5.74, 6) is -0.806. The molecule has 7 heteroatoms. The number of urea groups is 1. The van der Waals surface area contributed by atoms with E-state index in [2.05, 4.69) is 5.32 Å². The fourth-order valence-corrected chi connectivity index (χ4v) is 2.58. The zero-order valence-electron chi connectivity index (χ0n) is 11.2. The zero-order valence-corrected chi connectivity index (χ0v) is 11.2. The quantitative estimate of drug-likeness (QED) is 0.751. The summed E-state index contributed by atoms with van der Waals surface area (Å²) in [5.41, 5.74) is 0. The number of nitrogens with zero attached hydrogens (tertiary/aromatic N) is 2. The molecule has 2 saturated carbocycles. The van der Waals surface area contributed by atoms with Crippen molar-refractivity contribution in [3.63, 3.8) is 0 Å². The van der Waals surface area contributed by atoms with Gasteiger partial charge in [-0.25, -0.2) is 9.59 Å². The first-order valence-corrected chi connectivity index (χ1v) is 7.13. The van der Waals surface area contributed by atoms with Gasteiger partial charge in [-0.05, 0) is 31.6 Å². The molecule has 7 nitrogen and oxygen atoms in total. The number of nitrogens with one attached hydrogen (secondary N) is 1. The summed E-state index contributed by atoms with van der Waals surface area (Å²) in [6, 6.07) is -1.01. The predicted octanol–water partition coefficient (Wildman–Crippen LogP) is -0.134. The van der Waals surface area contributed by atoms with Crippen LogP contribution in [0.25, 0.3) is 0 Å². The standard InChI is InChI=1S/C13H19N3O4/c17-11-7-16(10(5-14-11)12(18)19)13(20)15(9-3-4-9)6-8-1-2-8/h8-10H,1-7H2,(H,14,17)(H,18,19). The summed E-state index contributed by atoms with van der Waals surface area (Å²) in [7, 11) is 0. The monoisotopic (exact) mass is 281 g/mol. The van der Waals surface area contributed by atoms with E-state index in [1.807, 2.05) is 0 Å². The number of carbonyl (C=O) groups is 3. The molecule has 1 unspecified atom stereocenters. The predicted molar refractivity (Wildman–Crippen MR) is 69.0 cm³/mol. The minimum absolute atomic E-state index is 0.0121. The molecule has 3 rings (SSSR count). The summed E-state index contributed by atoms with van der Waals surface area (Å²) in [6.07, 6.45) is 4.24. The van der Waals surface area contributed by atoms with Gasteiger partial charge in [-0.3, -0.25) is 9.69 Å². The molecule has 0 bridgehead atoms. The van der Waals surface area contributed by atoms with Gasteiger partial charge in [-0.1, -0.05) is 0 Å². The minimum Gasteiger partial charge on any atom is -0.480 e. The van der Waals surface area contributed by atoms with E-state index in [0.717, 1.165) is 25.7 Å². The molecule has 3 amide bonds. The molecule has 3 aliphatic rings. The second-order valence-corrected chi connectivity index (χ2v) is 5.90. The summed E-state index contributed by atoms with van der Waals surface area (Å²) in [5, 5.41) is 11.7. The SMILES string of the molecule is O=C1CN(C(=O)N(CC2CC2)C2CC2)C(C(=O)O)CN1. The molecule has 20 heavy (non-hydrogen) atoms. The number of aliphatic carboxylic acids is 1. The number of carboxylic acids is 1. The lowest BCUT2D eigenvalue weighted by Crippen LogP contribution is -2.62. The first kappa shape index (κ1) is 13.2. The van der Waals surface area contributed by atoms with Crippen LogP contribution in [0.5, 0.6) is 0 Å². The second-order valence-electron chi connectivity index (χ2n) is 5.90. The number of carbonyl (C=O) groups excluding carboxylic acids is 2. The van der Waals surface area contributed by atoms with E-state index in [1.165, 1.54) is 4.90 Å². The van der Waals surface area contributed by atoms with Crippen LogP contribution in [-0.2, 0) is 9.59 Å². The molecule has 0 aromatic heterocycles. The Kier molecular flexibility index (Phi) is 3.27. The second kappa shape index (κ2) is 4.96. The van der Waals surface area contributed by atoms with Crippen molar-refractivity contribution in [2.45, 2.75) is 37.8 Å². The van der Waals surface area contributed by atoms with Crippen LogP contribution in [0.15, 0.2) is 0 Å². The number of piperazine rings is 1. The van der Waals surface area contributed by atoms with E-state index in [1.54, 1.807) is 4.90 Å². The van der Waals surface area contributed by atoms with Crippen LogP contribution in [0.3, 0.4) is 0 Å². The van der Waals surface area contributed by atoms with Crippen molar-refractivity contribution in [1.29, 1.82) is 0 Å². The molecule has 2 aliphatic carbocycles. The molecule has 0 aromatic carbocycles. The highest BCUT2D eigenvalue weighted by molar-refractivity contribution is 5.90. The van der Waals surface area contributed by atoms with Gasteiger partial charge < -0.3 is 15.3 Å². The third-order valence-electron chi connectivity index (χ3n) is 4.10. The topological polar surface area (TPSA) is 90.0 Å². The van der Waals surface area contributed by atoms with Crippen molar-refractivity contribution >= 4 is 17.9 Å². The maximum Gasteiger partial charge on any atom is 0.328 e. The molecule has 0 spiro atoms. The van der Waals surface area contributed by atoms with E-state index >= 15 is 0 Å². The number of hydrogen-bond acceptors (Lipinski definition) is 3. The van der Waals surface area contributed by atoms with E-state index < -0.39 is 12.0 Å². The van der Waals surface area contributed by atoms with Crippen LogP contribution < -0.4 is 5.32 Å². The summed E-state index contributed by atoms with van der Waals surface area (Å²) < 4.78 is 0. The van der Waals surface area contributed by atoms with E-state index in [4.69, 9.17) is 0 Å². The van der Waals surface area contributed by atoms with Gasteiger partial charge in [-0.2, -0.15) is 0 Å². The molecule has 1 atom stereocenters. The van der Waals surface area contributed by atoms with Crippen molar-refractivity contribution in [3.05, 3.63) is 0 Å². The first-order valence-electron chi connectivity index (χ1n) is 7.13. The Morgan fingerprint density at radius 3 is 2.55 bits per heavy atom. The Bertz CT molecular complexity index is 445. The Labute approximate surface area is 116 Å². The van der Waals surface area contributed by atoms with Crippen molar-refractivity contribution in [3.8, 4) is 0 Å². The maximum atomic E-state index is 12.6. The summed E-state index contributed by atoms with van der Waals surface area (Å²) >= 11 is 0. The first-order chi connectivity index (χ1) is 9.56. The van der Waals surface area contributed by atoms with Crippen molar-refractivity contribution in [1.82, 2.24) is 15.1 Å². The van der Waals surface area contributed by atoms with Gasteiger partial charge in [-0.15, -0.1) is 0 Å². The number of carboxylic acid groups (broad SMARTS) is 1. The largest absolute Gasteiger partial charge is 0.480 e. The van der Waals surface area contributed by atoms with Crippen LogP contribution in [0, 0.1) is 5.92 Å². The van der Waals surface area contributed by atoms with Gasteiger partial charge in [0, 0.05) is 19.1 Å². The number of amides is 3. The van der Waals surface area contributed by atoms with Crippen LogP contribution >= 0.6 is 0 Å². The van der Waals surface area contributed by atoms with Gasteiger partial charge in [0.1, 0.15) is 12.6 Å². The van der Waals surface area contributed by atoms with Crippen molar-refractivity contribution in [2.75, 3.05) is 19.6 Å². The Morgan fingerprint density at radius 2 is 2.00 bits per heavy atom. The fraction of sp³-hybridized carbons (Fsp3) is 0.769. The highest BCUT2D eigenvalue weighted by Crippen LogP contribution is 2.35. The van der Waals surface area contributed by atoms with Crippen LogP contribution in [0.2, 0.25) is 0 Å². The Morgan fingerprint density at radius 1 is 1.30 bits per heavy atom. The molecule has 0 radical (unpaired) electrons. The van der Waals surface area contributed by atoms with E-state index in [9.17, 15) is 19.5 Å². The van der Waals surface area contributed by atoms with Crippen LogP contribution in [-0.4, -0.2) is 64.5 Å². The highest BCUT2D eigenvalue weighted by atomic mass is 16.4. The van der Waals surface area contributed by atoms with Gasteiger partial charge in [0.05, 0.1) is 0 Å². The van der Waals surface area contributed by atoms with Crippen LogP contribution in [0.4, 0.5) is 4.79 Å². The third kappa shape index (κ3) is 2.71. The molecule has 0 aromatic rings.